The fourth-order valence-corrected chi connectivity index (χ4v) is 1.62. The maximum Gasteiger partial charge on any atom is 0.203 e. The van der Waals surface area contributed by atoms with Crippen molar-refractivity contribution in [2.75, 3.05) is 0 Å². The van der Waals surface area contributed by atoms with E-state index >= 15 is 0 Å². The molecular formula is C4H10O2Si2. The van der Waals surface area contributed by atoms with Gasteiger partial charge in [-0.2, -0.15) is 0 Å². The van der Waals surface area contributed by atoms with Gasteiger partial charge >= 0.3 is 0 Å². The first-order valence-electron chi connectivity index (χ1n) is 2.68. The third-order valence-corrected chi connectivity index (χ3v) is 2.37. The monoisotopic (exact) mass is 146 g/mol. The zero-order chi connectivity index (χ0) is 5.98. The predicted molar refractivity (Wildman–Crippen MR) is 38.3 cm³/mol. The first kappa shape index (κ1) is 5.90. The van der Waals surface area contributed by atoms with Crippen LogP contribution in [-0.4, -0.2) is 21.0 Å². The summed E-state index contributed by atoms with van der Waals surface area (Å²) < 4.78 is 10.2. The SMILES string of the molecule is [SiH3]OC1=C(O[SiH3])CC1. The Bertz CT molecular complexity index is 107. The predicted octanol–water partition coefficient (Wildman–Crippen LogP) is -1.41. The lowest BCUT2D eigenvalue weighted by molar-refractivity contribution is 0.303. The lowest BCUT2D eigenvalue weighted by atomic mass is 10.1. The molecule has 1 aliphatic rings. The van der Waals surface area contributed by atoms with Crippen LogP contribution >= 0.6 is 0 Å². The Balaban J connectivity index is 2.49. The highest BCUT2D eigenvalue weighted by atomic mass is 28.2. The average molecular weight is 146 g/mol. The van der Waals surface area contributed by atoms with Gasteiger partial charge < -0.3 is 8.85 Å². The van der Waals surface area contributed by atoms with E-state index in [0.29, 0.717) is 0 Å². The van der Waals surface area contributed by atoms with Crippen molar-refractivity contribution in [2.24, 2.45) is 0 Å². The number of hydrogen-bond donors (Lipinski definition) is 0. The first-order chi connectivity index (χ1) is 3.88. The van der Waals surface area contributed by atoms with E-state index in [0.717, 1.165) is 45.3 Å². The van der Waals surface area contributed by atoms with Crippen LogP contribution in [0, 0.1) is 0 Å². The Labute approximate surface area is 55.0 Å². The molecule has 1 rings (SSSR count). The molecule has 0 aliphatic heterocycles. The van der Waals surface area contributed by atoms with Gasteiger partial charge in [-0.1, -0.05) is 0 Å². The highest BCUT2D eigenvalue weighted by Gasteiger charge is 2.16. The standard InChI is InChI=1S/C4H10O2Si2/c7-5-3-1-2-4(3)6-8/h1-2H2,7-8H3. The summed E-state index contributed by atoms with van der Waals surface area (Å²) in [6.07, 6.45) is 2.20. The largest absolute Gasteiger partial charge is 0.554 e. The molecule has 8 heavy (non-hydrogen) atoms. The molecule has 0 atom stereocenters. The van der Waals surface area contributed by atoms with E-state index in [4.69, 9.17) is 8.85 Å². The molecule has 0 amide bonds. The fraction of sp³-hybridized carbons (Fsp3) is 0.500. The smallest absolute Gasteiger partial charge is 0.203 e. The highest BCUT2D eigenvalue weighted by molar-refractivity contribution is 6.00. The van der Waals surface area contributed by atoms with Gasteiger partial charge in [0, 0.05) is 12.8 Å². The van der Waals surface area contributed by atoms with Crippen LogP contribution in [0.3, 0.4) is 0 Å². The molecule has 0 fully saturated rings. The maximum absolute atomic E-state index is 5.11. The molecule has 0 radical (unpaired) electrons. The Kier molecular flexibility index (Phi) is 1.74. The Hall–Kier alpha value is -0.226. The molecule has 0 aromatic carbocycles. The molecule has 0 bridgehead atoms. The third-order valence-electron chi connectivity index (χ3n) is 1.38. The van der Waals surface area contributed by atoms with Crippen LogP contribution in [0.4, 0.5) is 0 Å². The molecule has 0 saturated carbocycles. The second-order valence-corrected chi connectivity index (χ2v) is 2.57. The number of hydrogen-bond acceptors (Lipinski definition) is 2. The lowest BCUT2D eigenvalue weighted by Crippen LogP contribution is -2.08. The topological polar surface area (TPSA) is 18.5 Å². The molecule has 0 heterocycles. The Morgan fingerprint density at radius 3 is 1.50 bits per heavy atom. The summed E-state index contributed by atoms with van der Waals surface area (Å²) in [6, 6.07) is 0. The van der Waals surface area contributed by atoms with Crippen molar-refractivity contribution >= 4 is 21.0 Å². The van der Waals surface area contributed by atoms with E-state index in [1.807, 2.05) is 0 Å². The van der Waals surface area contributed by atoms with Gasteiger partial charge in [0.2, 0.25) is 21.0 Å². The Morgan fingerprint density at radius 1 is 1.00 bits per heavy atom. The van der Waals surface area contributed by atoms with Crippen molar-refractivity contribution in [1.29, 1.82) is 0 Å². The Morgan fingerprint density at radius 2 is 1.38 bits per heavy atom. The molecule has 0 spiro atoms. The molecule has 0 saturated heterocycles. The normalized spacial score (nSPS) is 18.5. The van der Waals surface area contributed by atoms with E-state index < -0.39 is 0 Å². The summed E-state index contributed by atoms with van der Waals surface area (Å²) in [5, 5.41) is 0. The van der Waals surface area contributed by atoms with E-state index in [1.165, 1.54) is 0 Å². The zero-order valence-corrected chi connectivity index (χ0v) is 9.23. The second kappa shape index (κ2) is 2.36. The first-order valence-corrected chi connectivity index (χ1v) is 4.31. The van der Waals surface area contributed by atoms with Crippen LogP contribution in [0.15, 0.2) is 11.5 Å². The van der Waals surface area contributed by atoms with Crippen LogP contribution < -0.4 is 0 Å². The molecule has 2 nitrogen and oxygen atoms in total. The van der Waals surface area contributed by atoms with Gasteiger partial charge in [-0.15, -0.1) is 0 Å². The van der Waals surface area contributed by atoms with Gasteiger partial charge in [0.05, 0.1) is 0 Å². The highest BCUT2D eigenvalue weighted by Crippen LogP contribution is 2.27. The molecule has 0 N–H and O–H groups in total. The molecule has 1 aliphatic carbocycles. The van der Waals surface area contributed by atoms with Crippen LogP contribution in [0.25, 0.3) is 0 Å². The summed E-state index contributed by atoms with van der Waals surface area (Å²) >= 11 is 0. The van der Waals surface area contributed by atoms with Gasteiger partial charge in [0.25, 0.3) is 0 Å². The molecule has 4 heteroatoms. The molecule has 0 unspecified atom stereocenters. The molecule has 0 aromatic rings. The fourth-order valence-electron chi connectivity index (χ4n) is 0.761. The summed E-state index contributed by atoms with van der Waals surface area (Å²) in [4.78, 5) is 0. The van der Waals surface area contributed by atoms with Gasteiger partial charge in [0.15, 0.2) is 0 Å². The van der Waals surface area contributed by atoms with Crippen molar-refractivity contribution in [3.05, 3.63) is 11.5 Å². The van der Waals surface area contributed by atoms with Gasteiger partial charge in [-0.25, -0.2) is 0 Å². The molecule has 0 aromatic heterocycles. The summed E-state index contributed by atoms with van der Waals surface area (Å²) in [7, 11) is 1.61. The minimum atomic E-state index is 0.804. The minimum Gasteiger partial charge on any atom is -0.554 e. The zero-order valence-electron chi connectivity index (χ0n) is 5.23. The van der Waals surface area contributed by atoms with Crippen molar-refractivity contribution in [2.45, 2.75) is 12.8 Å². The maximum atomic E-state index is 5.11. The van der Waals surface area contributed by atoms with Gasteiger partial charge in [0.1, 0.15) is 11.5 Å². The van der Waals surface area contributed by atoms with Crippen LogP contribution in [-0.2, 0) is 8.85 Å². The molecule has 46 valence electrons. The van der Waals surface area contributed by atoms with Crippen LogP contribution in [0.1, 0.15) is 12.8 Å². The van der Waals surface area contributed by atoms with Crippen LogP contribution in [0.2, 0.25) is 0 Å². The van der Waals surface area contributed by atoms with E-state index in [9.17, 15) is 0 Å². The summed E-state index contributed by atoms with van der Waals surface area (Å²) in [5.41, 5.74) is 0. The van der Waals surface area contributed by atoms with E-state index in [1.54, 1.807) is 0 Å². The number of rotatable bonds is 2. The van der Waals surface area contributed by atoms with Crippen molar-refractivity contribution in [3.63, 3.8) is 0 Å². The van der Waals surface area contributed by atoms with E-state index in [-0.39, 0.29) is 0 Å². The number of allylic oxidation sites excluding steroid dienone is 2. The summed E-state index contributed by atoms with van der Waals surface area (Å²) in [6.45, 7) is 0. The average Bonchev–Trinajstić information content (AvgIpc) is 1.66. The lowest BCUT2D eigenvalue weighted by Gasteiger charge is -2.21. The third kappa shape index (κ3) is 0.806. The summed E-state index contributed by atoms with van der Waals surface area (Å²) in [5.74, 6) is 2.21. The minimum absolute atomic E-state index is 0.804. The quantitative estimate of drug-likeness (QED) is 0.446. The second-order valence-electron chi connectivity index (χ2n) is 1.75. The van der Waals surface area contributed by atoms with Gasteiger partial charge in [-0.05, 0) is 0 Å². The van der Waals surface area contributed by atoms with Crippen molar-refractivity contribution < 1.29 is 8.85 Å². The van der Waals surface area contributed by atoms with Crippen LogP contribution in [0.5, 0.6) is 0 Å². The van der Waals surface area contributed by atoms with E-state index in [2.05, 4.69) is 0 Å². The van der Waals surface area contributed by atoms with Crippen molar-refractivity contribution in [1.82, 2.24) is 0 Å². The molecular weight excluding hydrogens is 136 g/mol. The van der Waals surface area contributed by atoms with Crippen molar-refractivity contribution in [3.8, 4) is 0 Å². The van der Waals surface area contributed by atoms with Gasteiger partial charge in [-0.3, -0.25) is 0 Å².